The van der Waals surface area contributed by atoms with Crippen molar-refractivity contribution in [3.05, 3.63) is 87.7 Å². The minimum Gasteiger partial charge on any atom is -0.478 e. The fourth-order valence-electron chi connectivity index (χ4n) is 1.74. The molecular weight excluding hydrogens is 322 g/mol. The van der Waals surface area contributed by atoms with Crippen molar-refractivity contribution in [3.8, 4) is 0 Å². The number of nitrogens with two attached hydrogens (primary N) is 1. The van der Waals surface area contributed by atoms with Crippen LogP contribution in [0.2, 0.25) is 0 Å². The highest BCUT2D eigenvalue weighted by Crippen LogP contribution is 2.10. The summed E-state index contributed by atoms with van der Waals surface area (Å²) >= 11 is 0. The number of carboxylic acid groups (broad SMARTS) is 1. The molecule has 0 aliphatic carbocycles. The van der Waals surface area contributed by atoms with E-state index in [4.69, 9.17) is 10.8 Å². The van der Waals surface area contributed by atoms with Crippen LogP contribution >= 0.6 is 0 Å². The zero-order chi connectivity index (χ0) is 18.7. The van der Waals surface area contributed by atoms with Gasteiger partial charge in [0.2, 0.25) is 0 Å². The Morgan fingerprint density at radius 3 is 2.24 bits per heavy atom. The zero-order valence-corrected chi connectivity index (χ0v) is 13.7. The third kappa shape index (κ3) is 7.08. The molecule has 0 aliphatic rings. The average Bonchev–Trinajstić information content (AvgIpc) is 2.63. The van der Waals surface area contributed by atoms with Crippen LogP contribution in [0, 0.1) is 10.1 Å². The standard InChI is InChI=1S/C9H9N3O2.C9H10O2/c10-5-6-11-7-8-1-3-9(4-2-8)12(13)14;1-2-7-3-5-8(6-4-7)9(10)11/h1-7H,10H2;3-6H,2H2,1H3,(H,10,11)/b6-5-,11-7?;. The second kappa shape index (κ2) is 10.3. The summed E-state index contributed by atoms with van der Waals surface area (Å²) in [5, 5.41) is 18.9. The molecule has 130 valence electrons. The average molecular weight is 341 g/mol. The molecule has 0 saturated heterocycles. The van der Waals surface area contributed by atoms with Gasteiger partial charge in [-0.25, -0.2) is 4.79 Å². The predicted molar refractivity (Wildman–Crippen MR) is 96.8 cm³/mol. The molecule has 0 aliphatic heterocycles. The monoisotopic (exact) mass is 341 g/mol. The van der Waals surface area contributed by atoms with Crippen LogP contribution in [0.1, 0.15) is 28.4 Å². The lowest BCUT2D eigenvalue weighted by Crippen LogP contribution is -1.95. The minimum atomic E-state index is -0.868. The van der Waals surface area contributed by atoms with Crippen molar-refractivity contribution in [3.63, 3.8) is 0 Å². The van der Waals surface area contributed by atoms with Crippen molar-refractivity contribution < 1.29 is 14.8 Å². The number of hydrogen-bond acceptors (Lipinski definition) is 5. The van der Waals surface area contributed by atoms with E-state index >= 15 is 0 Å². The van der Waals surface area contributed by atoms with Gasteiger partial charge in [-0.3, -0.25) is 15.1 Å². The number of aliphatic imine (C=N–C) groups is 1. The Kier molecular flexibility index (Phi) is 8.08. The maximum Gasteiger partial charge on any atom is 0.335 e. The first-order valence-electron chi connectivity index (χ1n) is 7.44. The first kappa shape index (κ1) is 19.6. The van der Waals surface area contributed by atoms with E-state index in [1.54, 1.807) is 30.5 Å². The quantitative estimate of drug-likeness (QED) is 0.491. The molecule has 7 nitrogen and oxygen atoms in total. The van der Waals surface area contributed by atoms with E-state index in [-0.39, 0.29) is 5.69 Å². The molecule has 2 rings (SSSR count). The van der Waals surface area contributed by atoms with E-state index < -0.39 is 10.9 Å². The number of nitrogens with zero attached hydrogens (tertiary/aromatic N) is 2. The van der Waals surface area contributed by atoms with Crippen molar-refractivity contribution in [2.24, 2.45) is 10.7 Å². The van der Waals surface area contributed by atoms with Gasteiger partial charge in [-0.15, -0.1) is 0 Å². The molecule has 2 aromatic rings. The second-order valence-corrected chi connectivity index (χ2v) is 4.82. The second-order valence-electron chi connectivity index (χ2n) is 4.82. The Morgan fingerprint density at radius 1 is 1.20 bits per heavy atom. The summed E-state index contributed by atoms with van der Waals surface area (Å²) in [7, 11) is 0. The van der Waals surface area contributed by atoms with Crippen LogP contribution in [0.3, 0.4) is 0 Å². The number of carboxylic acids is 1. The molecule has 0 aromatic heterocycles. The van der Waals surface area contributed by atoms with E-state index in [2.05, 4.69) is 4.99 Å². The maximum absolute atomic E-state index is 10.4. The fourth-order valence-corrected chi connectivity index (χ4v) is 1.74. The van der Waals surface area contributed by atoms with E-state index in [9.17, 15) is 14.9 Å². The number of nitro benzene ring substituents is 1. The van der Waals surface area contributed by atoms with Crippen LogP contribution < -0.4 is 5.73 Å². The summed E-state index contributed by atoms with van der Waals surface area (Å²) in [6.07, 6.45) is 5.25. The fraction of sp³-hybridized carbons (Fsp3) is 0.111. The Bertz CT molecular complexity index is 751. The van der Waals surface area contributed by atoms with Crippen LogP contribution in [-0.4, -0.2) is 22.2 Å². The number of rotatable bonds is 5. The molecular formula is C18H19N3O4. The summed E-state index contributed by atoms with van der Waals surface area (Å²) in [4.78, 5) is 24.1. The van der Waals surface area contributed by atoms with Crippen molar-refractivity contribution in [2.75, 3.05) is 0 Å². The largest absolute Gasteiger partial charge is 0.478 e. The van der Waals surface area contributed by atoms with E-state index in [1.807, 2.05) is 19.1 Å². The van der Waals surface area contributed by atoms with Gasteiger partial charge in [0.1, 0.15) is 0 Å². The van der Waals surface area contributed by atoms with Crippen LogP contribution in [0.5, 0.6) is 0 Å². The Morgan fingerprint density at radius 2 is 1.80 bits per heavy atom. The molecule has 0 saturated carbocycles. The highest BCUT2D eigenvalue weighted by Gasteiger charge is 2.02. The smallest absolute Gasteiger partial charge is 0.335 e. The highest BCUT2D eigenvalue weighted by molar-refractivity contribution is 5.87. The van der Waals surface area contributed by atoms with Gasteiger partial charge in [0.05, 0.1) is 10.5 Å². The first-order chi connectivity index (χ1) is 12.0. The van der Waals surface area contributed by atoms with Crippen molar-refractivity contribution in [1.82, 2.24) is 0 Å². The first-order valence-corrected chi connectivity index (χ1v) is 7.44. The molecule has 7 heteroatoms. The van der Waals surface area contributed by atoms with E-state index in [1.165, 1.54) is 24.5 Å². The van der Waals surface area contributed by atoms with Crippen molar-refractivity contribution in [2.45, 2.75) is 13.3 Å². The number of nitro groups is 1. The van der Waals surface area contributed by atoms with Gasteiger partial charge < -0.3 is 10.8 Å². The number of hydrogen-bond donors (Lipinski definition) is 2. The van der Waals surface area contributed by atoms with Crippen LogP contribution in [-0.2, 0) is 6.42 Å². The molecule has 0 radical (unpaired) electrons. The summed E-state index contributed by atoms with van der Waals surface area (Å²) in [5.74, 6) is -0.868. The third-order valence-corrected chi connectivity index (χ3v) is 3.11. The minimum absolute atomic E-state index is 0.0662. The predicted octanol–water partition coefficient (Wildman–Crippen LogP) is 3.39. The summed E-state index contributed by atoms with van der Waals surface area (Å²) in [6, 6.07) is 13.0. The van der Waals surface area contributed by atoms with Crippen LogP contribution in [0.25, 0.3) is 0 Å². The molecule has 2 aromatic carbocycles. The molecule has 0 atom stereocenters. The topological polar surface area (TPSA) is 119 Å². The lowest BCUT2D eigenvalue weighted by Gasteiger charge is -1.96. The van der Waals surface area contributed by atoms with Gasteiger partial charge in [0, 0.05) is 30.7 Å². The molecule has 0 fully saturated rings. The lowest BCUT2D eigenvalue weighted by atomic mass is 10.1. The number of carbonyl (C=O) groups is 1. The normalized spacial score (nSPS) is 10.4. The van der Waals surface area contributed by atoms with Gasteiger partial charge >= 0.3 is 5.97 Å². The summed E-state index contributed by atoms with van der Waals surface area (Å²) in [5.41, 5.74) is 7.44. The summed E-state index contributed by atoms with van der Waals surface area (Å²) < 4.78 is 0. The van der Waals surface area contributed by atoms with Gasteiger partial charge in [-0.2, -0.15) is 0 Å². The molecule has 3 N–H and O–H groups in total. The van der Waals surface area contributed by atoms with Crippen LogP contribution in [0.15, 0.2) is 65.9 Å². The molecule has 25 heavy (non-hydrogen) atoms. The van der Waals surface area contributed by atoms with Gasteiger partial charge in [-0.1, -0.05) is 19.1 Å². The van der Waals surface area contributed by atoms with Crippen molar-refractivity contribution >= 4 is 17.9 Å². The number of benzene rings is 2. The van der Waals surface area contributed by atoms with Crippen LogP contribution in [0.4, 0.5) is 5.69 Å². The van der Waals surface area contributed by atoms with Gasteiger partial charge in [0.15, 0.2) is 0 Å². The van der Waals surface area contributed by atoms with Gasteiger partial charge in [0.25, 0.3) is 5.69 Å². The summed E-state index contributed by atoms with van der Waals surface area (Å²) in [6.45, 7) is 2.04. The third-order valence-electron chi connectivity index (χ3n) is 3.11. The number of aryl methyl sites for hydroxylation is 1. The molecule has 0 spiro atoms. The SMILES string of the molecule is CCc1ccc(C(=O)O)cc1.N/C=C\N=Cc1ccc([N+](=O)[O-])cc1. The number of non-ortho nitro benzene ring substituents is 1. The molecule has 0 bridgehead atoms. The maximum atomic E-state index is 10.4. The Hall–Kier alpha value is -3.48. The Balaban J connectivity index is 0.000000257. The van der Waals surface area contributed by atoms with E-state index in [0.29, 0.717) is 5.56 Å². The van der Waals surface area contributed by atoms with Crippen molar-refractivity contribution in [1.29, 1.82) is 0 Å². The van der Waals surface area contributed by atoms with Gasteiger partial charge in [-0.05, 0) is 41.8 Å². The molecule has 0 amide bonds. The zero-order valence-electron chi connectivity index (χ0n) is 13.7. The lowest BCUT2D eigenvalue weighted by molar-refractivity contribution is -0.384. The number of aromatic carboxylic acids is 1. The Labute approximate surface area is 145 Å². The molecule has 0 unspecified atom stereocenters. The molecule has 0 heterocycles. The highest BCUT2D eigenvalue weighted by atomic mass is 16.6. The van der Waals surface area contributed by atoms with E-state index in [0.717, 1.165) is 17.5 Å².